The Morgan fingerprint density at radius 3 is 1.44 bits per heavy atom. The van der Waals surface area contributed by atoms with Gasteiger partial charge in [0.25, 0.3) is 0 Å². The molecule has 0 fully saturated rings. The number of fused-ring (bicyclic) bond motifs is 2. The number of carbonyl (C=O) groups excluding carboxylic acids is 6. The summed E-state index contributed by atoms with van der Waals surface area (Å²) < 4.78 is 0. The number of hydrogen-bond donors (Lipinski definition) is 15. The van der Waals surface area contributed by atoms with Gasteiger partial charge in [0.1, 0.15) is 30.2 Å². The summed E-state index contributed by atoms with van der Waals surface area (Å²) in [4.78, 5) is 104. The van der Waals surface area contributed by atoms with Crippen molar-refractivity contribution in [2.45, 2.75) is 92.5 Å². The van der Waals surface area contributed by atoms with Crippen LogP contribution in [0.25, 0.3) is 21.8 Å². The maximum absolute atomic E-state index is 14.9. The van der Waals surface area contributed by atoms with Crippen molar-refractivity contribution in [2.24, 2.45) is 60.8 Å². The first kappa shape index (κ1) is 57.9. The zero-order valence-electron chi connectivity index (χ0n) is 41.2. The van der Waals surface area contributed by atoms with E-state index in [-0.39, 0.29) is 88.2 Å². The Balaban J connectivity index is 1.48. The molecule has 0 radical (unpaired) electrons. The summed E-state index contributed by atoms with van der Waals surface area (Å²) in [5.74, 6) is -5.02. The van der Waals surface area contributed by atoms with Crippen molar-refractivity contribution in [3.63, 3.8) is 0 Å². The second-order valence-corrected chi connectivity index (χ2v) is 19.1. The molecule has 24 nitrogen and oxygen atoms in total. The predicted octanol–water partition coefficient (Wildman–Crippen LogP) is -0.722. The van der Waals surface area contributed by atoms with Crippen LogP contribution in [0.1, 0.15) is 49.7 Å². The molecule has 0 aliphatic rings. The van der Waals surface area contributed by atoms with Crippen LogP contribution in [-0.2, 0) is 41.6 Å². The van der Waals surface area contributed by atoms with E-state index in [4.69, 9.17) is 57.5 Å². The number of nitrogens with two attached hydrogens (primary N) is 8. The minimum atomic E-state index is -1.37. The number of amides is 6. The summed E-state index contributed by atoms with van der Waals surface area (Å²) in [6, 6.07) is 14.1. The number of aliphatic imine (C=N–C) groups is 3. The number of para-hydroxylation sites is 2. The number of hydrogen-bond acceptors (Lipinski definition) is 11. The Kier molecular flexibility index (Phi) is 22.4. The molecule has 0 aliphatic heterocycles. The number of carbonyl (C=O) groups is 6. The first-order valence-electron chi connectivity index (χ1n) is 24.1. The monoisotopic (exact) mass is 1070 g/mol. The number of benzene rings is 3. The molecule has 2 aromatic heterocycles. The highest BCUT2D eigenvalue weighted by molar-refractivity contribution is 7.99. The van der Waals surface area contributed by atoms with Crippen molar-refractivity contribution in [1.82, 2.24) is 36.6 Å². The van der Waals surface area contributed by atoms with Crippen molar-refractivity contribution < 1.29 is 28.8 Å². The fourth-order valence-corrected chi connectivity index (χ4v) is 9.19. The highest BCUT2D eigenvalue weighted by atomic mass is 35.5. The minimum Gasteiger partial charge on any atom is -0.370 e. The van der Waals surface area contributed by atoms with Gasteiger partial charge < -0.3 is 82.4 Å². The molecule has 0 spiro atoms. The van der Waals surface area contributed by atoms with E-state index >= 15 is 0 Å². The van der Waals surface area contributed by atoms with Gasteiger partial charge >= 0.3 is 0 Å². The van der Waals surface area contributed by atoms with Gasteiger partial charge in [-0.15, -0.1) is 11.8 Å². The third-order valence-corrected chi connectivity index (χ3v) is 13.1. The molecule has 0 bridgehead atoms. The van der Waals surface area contributed by atoms with Gasteiger partial charge in [0, 0.05) is 82.3 Å². The van der Waals surface area contributed by atoms with Crippen LogP contribution in [0.5, 0.6) is 0 Å². The third-order valence-electron chi connectivity index (χ3n) is 11.8. The fraction of sp³-hybridized carbons (Fsp3) is 0.367. The zero-order valence-corrected chi connectivity index (χ0v) is 42.8. The Morgan fingerprint density at radius 2 is 0.947 bits per heavy atom. The summed E-state index contributed by atoms with van der Waals surface area (Å²) in [7, 11) is 0. The second kappa shape index (κ2) is 29.0. The molecule has 5 aromatic rings. The number of primary amides is 1. The van der Waals surface area contributed by atoms with E-state index in [0.717, 1.165) is 21.8 Å². The topological polar surface area (TPSA) is 439 Å². The highest BCUT2D eigenvalue weighted by Crippen LogP contribution is 2.24. The molecule has 0 aliphatic carbocycles. The molecule has 23 N–H and O–H groups in total. The minimum absolute atomic E-state index is 0.0323. The maximum Gasteiger partial charge on any atom is 0.244 e. The second-order valence-electron chi connectivity index (χ2n) is 17.6. The van der Waals surface area contributed by atoms with Crippen LogP contribution in [-0.4, -0.2) is 125 Å². The van der Waals surface area contributed by atoms with Gasteiger partial charge in [0.05, 0.1) is 6.04 Å². The lowest BCUT2D eigenvalue weighted by molar-refractivity contribution is -0.134. The van der Waals surface area contributed by atoms with Gasteiger partial charge in [-0.25, -0.2) is 0 Å². The van der Waals surface area contributed by atoms with E-state index in [9.17, 15) is 28.8 Å². The standard InChI is InChI=1S/C49H67ClN18O6S/c50-29-9-5-10-30(23-29)75-26-40(46(74)67-38(21-27-24-62-34-14-3-1-11-31(27)34)44(72)64-36(41(52)69)16-7-19-60-48(55)56)68-45(73)39(22-28-25-63-35-15-4-2-12-32(28)35)66-43(71)37(17-8-20-61-49(57)58)65-42(70)33(51)13-6-18-59-47(53)54/h1-5,9-12,14-15,23-25,33,36-40,62-63H,6-8,13,16-22,26,51H2,(H2,52,69)(H,64,72)(H,65,70)(H,66,71)(H,67,74)(H,68,73)(H4,53,54,59)(H4,55,56,60)(H4,57,58,61)/t33-,36-,37-,38-,39-,40-/m0/s1. The third kappa shape index (κ3) is 18.8. The summed E-state index contributed by atoms with van der Waals surface area (Å²) in [6.07, 6.45) is 4.48. The molecular formula is C49H67ClN18O6S. The van der Waals surface area contributed by atoms with Gasteiger partial charge in [0.2, 0.25) is 35.4 Å². The molecule has 0 saturated heterocycles. The van der Waals surface area contributed by atoms with Crippen LogP contribution in [0, 0.1) is 0 Å². The normalized spacial score (nSPS) is 13.5. The zero-order chi connectivity index (χ0) is 54.4. The molecular weight excluding hydrogens is 1000 g/mol. The van der Waals surface area contributed by atoms with E-state index in [1.165, 1.54) is 11.8 Å². The van der Waals surface area contributed by atoms with Crippen molar-refractivity contribution in [3.05, 3.63) is 101 Å². The van der Waals surface area contributed by atoms with Gasteiger partial charge in [-0.05, 0) is 80.0 Å². The first-order chi connectivity index (χ1) is 35.9. The molecule has 75 heavy (non-hydrogen) atoms. The number of thioether (sulfide) groups is 1. The van der Waals surface area contributed by atoms with Gasteiger partial charge in [-0.2, -0.15) is 0 Å². The number of nitrogens with one attached hydrogen (secondary N) is 7. The Bertz CT molecular complexity index is 2840. The predicted molar refractivity (Wildman–Crippen MR) is 293 cm³/mol. The summed E-state index contributed by atoms with van der Waals surface area (Å²) >= 11 is 7.53. The van der Waals surface area contributed by atoms with Gasteiger partial charge in [0.15, 0.2) is 17.9 Å². The lowest BCUT2D eigenvalue weighted by atomic mass is 10.0. The summed E-state index contributed by atoms with van der Waals surface area (Å²) in [6.45, 7) is 0.509. The van der Waals surface area contributed by atoms with E-state index in [2.05, 4.69) is 51.5 Å². The number of nitrogens with zero attached hydrogens (tertiary/aromatic N) is 3. The van der Waals surface area contributed by atoms with Crippen LogP contribution in [0.3, 0.4) is 0 Å². The summed E-state index contributed by atoms with van der Waals surface area (Å²) in [5.41, 5.74) is 47.7. The highest BCUT2D eigenvalue weighted by Gasteiger charge is 2.34. The van der Waals surface area contributed by atoms with Crippen LogP contribution < -0.4 is 72.5 Å². The molecule has 26 heteroatoms. The summed E-state index contributed by atoms with van der Waals surface area (Å²) in [5, 5.41) is 15.9. The Morgan fingerprint density at radius 1 is 0.520 bits per heavy atom. The fourth-order valence-electron chi connectivity index (χ4n) is 7.96. The molecule has 5 rings (SSSR count). The van der Waals surface area contributed by atoms with Crippen LogP contribution in [0.2, 0.25) is 5.02 Å². The molecule has 6 atom stereocenters. The van der Waals surface area contributed by atoms with Gasteiger partial charge in [-0.1, -0.05) is 54.1 Å². The van der Waals surface area contributed by atoms with Crippen molar-refractivity contribution in [2.75, 3.05) is 25.4 Å². The first-order valence-corrected chi connectivity index (χ1v) is 25.5. The number of rotatable bonds is 30. The number of guanidine groups is 3. The van der Waals surface area contributed by atoms with Crippen LogP contribution in [0.4, 0.5) is 0 Å². The average molecular weight is 1070 g/mol. The van der Waals surface area contributed by atoms with E-state index < -0.39 is 71.7 Å². The maximum atomic E-state index is 14.9. The van der Waals surface area contributed by atoms with Crippen molar-refractivity contribution >= 4 is 98.5 Å². The number of aromatic amines is 2. The lowest BCUT2D eigenvalue weighted by Crippen LogP contribution is -2.60. The molecule has 0 saturated carbocycles. The lowest BCUT2D eigenvalue weighted by Gasteiger charge is -2.27. The Hall–Kier alpha value is -8.03. The quantitative estimate of drug-likeness (QED) is 0.0117. The molecule has 6 amide bonds. The van der Waals surface area contributed by atoms with Crippen LogP contribution >= 0.6 is 23.4 Å². The largest absolute Gasteiger partial charge is 0.370 e. The van der Waals surface area contributed by atoms with E-state index in [1.54, 1.807) is 36.7 Å². The molecule has 2 heterocycles. The van der Waals surface area contributed by atoms with E-state index in [0.29, 0.717) is 27.5 Å². The van der Waals surface area contributed by atoms with E-state index in [1.807, 2.05) is 48.5 Å². The smallest absolute Gasteiger partial charge is 0.244 e. The van der Waals surface area contributed by atoms with Crippen LogP contribution in [0.15, 0.2) is 105 Å². The SMILES string of the molecule is NC(=O)[C@H](CCCN=C(N)N)NC(=O)[C@H](Cc1c[nH]c2ccccc12)NC(=O)[C@H](CSc1cccc(Cl)c1)NC(=O)[C@H](Cc1c[nH]c2ccccc12)NC(=O)[C@H](CCCN=C(N)N)NC(=O)[C@@H](N)CCCN=C(N)N. The number of H-pyrrole nitrogens is 2. The molecule has 402 valence electrons. The number of halogens is 1. The van der Waals surface area contributed by atoms with Crippen molar-refractivity contribution in [3.8, 4) is 0 Å². The van der Waals surface area contributed by atoms with Crippen molar-refractivity contribution in [1.29, 1.82) is 0 Å². The molecule has 0 unspecified atom stereocenters. The Labute approximate surface area is 442 Å². The molecule has 3 aromatic carbocycles. The van der Waals surface area contributed by atoms with Gasteiger partial charge in [-0.3, -0.25) is 43.7 Å². The number of aromatic nitrogens is 2. The average Bonchev–Trinajstić information content (AvgIpc) is 3.98.